The number of anilines is 1. The number of methoxy groups -OCH3 is 1. The summed E-state index contributed by atoms with van der Waals surface area (Å²) in [5, 5.41) is 5.54. The van der Waals surface area contributed by atoms with Crippen molar-refractivity contribution in [3.63, 3.8) is 0 Å². The van der Waals surface area contributed by atoms with Gasteiger partial charge in [0.2, 0.25) is 5.91 Å². The molecule has 0 spiro atoms. The van der Waals surface area contributed by atoms with Crippen molar-refractivity contribution in [2.75, 3.05) is 12.4 Å². The third-order valence-corrected chi connectivity index (χ3v) is 8.22. The van der Waals surface area contributed by atoms with Crippen LogP contribution in [0.3, 0.4) is 0 Å². The van der Waals surface area contributed by atoms with Crippen LogP contribution in [0.4, 0.5) is 5.82 Å². The van der Waals surface area contributed by atoms with Crippen LogP contribution in [0.1, 0.15) is 67.2 Å². The van der Waals surface area contributed by atoms with E-state index in [9.17, 15) is 4.79 Å². The Bertz CT molecular complexity index is 1370. The second kappa shape index (κ2) is 9.42. The zero-order chi connectivity index (χ0) is 24.5. The number of rotatable bonds is 6. The van der Waals surface area contributed by atoms with Crippen LogP contribution in [-0.4, -0.2) is 18.0 Å². The number of hydrogen-bond acceptors (Lipinski definition) is 3. The van der Waals surface area contributed by atoms with Gasteiger partial charge in [-0.25, -0.2) is 4.98 Å². The summed E-state index contributed by atoms with van der Waals surface area (Å²) in [4.78, 5) is 18.6. The van der Waals surface area contributed by atoms with E-state index in [1.54, 1.807) is 7.11 Å². The van der Waals surface area contributed by atoms with E-state index in [4.69, 9.17) is 9.72 Å². The third-order valence-electron chi connectivity index (χ3n) is 8.22. The fourth-order valence-electron chi connectivity index (χ4n) is 5.94. The van der Waals surface area contributed by atoms with Crippen molar-refractivity contribution < 1.29 is 9.53 Å². The minimum absolute atomic E-state index is 0.0363. The normalized spacial score (nSPS) is 20.6. The summed E-state index contributed by atoms with van der Waals surface area (Å²) in [6.45, 7) is 0. The molecule has 6 rings (SSSR count). The van der Waals surface area contributed by atoms with Crippen LogP contribution in [-0.2, 0) is 10.2 Å². The van der Waals surface area contributed by atoms with E-state index in [-0.39, 0.29) is 5.91 Å². The van der Waals surface area contributed by atoms with Crippen molar-refractivity contribution in [2.24, 2.45) is 0 Å². The summed E-state index contributed by atoms with van der Waals surface area (Å²) in [7, 11) is 1.66. The van der Waals surface area contributed by atoms with Gasteiger partial charge in [-0.05, 0) is 79.2 Å². The molecular formula is C32H32N2O2. The van der Waals surface area contributed by atoms with Crippen LogP contribution in [0.5, 0.6) is 5.75 Å². The van der Waals surface area contributed by atoms with E-state index in [0.717, 1.165) is 48.1 Å². The predicted octanol–water partition coefficient (Wildman–Crippen LogP) is 7.36. The molecule has 0 bridgehead atoms. The molecule has 1 aromatic heterocycles. The molecule has 4 heteroatoms. The molecule has 2 aliphatic rings. The molecule has 1 N–H and O–H groups in total. The van der Waals surface area contributed by atoms with Crippen molar-refractivity contribution in [1.29, 1.82) is 0 Å². The minimum atomic E-state index is -0.465. The molecule has 0 aliphatic heterocycles. The molecule has 4 nitrogen and oxygen atoms in total. The van der Waals surface area contributed by atoms with Gasteiger partial charge in [0.1, 0.15) is 11.6 Å². The zero-order valence-corrected chi connectivity index (χ0v) is 20.7. The number of carbonyl (C=O) groups excluding carboxylic acids is 1. The number of aromatic nitrogens is 1. The summed E-state index contributed by atoms with van der Waals surface area (Å²) in [6.07, 6.45) is 6.28. The summed E-state index contributed by atoms with van der Waals surface area (Å²) in [6, 6.07) is 29.2. The second-order valence-corrected chi connectivity index (χ2v) is 10.3. The van der Waals surface area contributed by atoms with Crippen LogP contribution in [0, 0.1) is 0 Å². The average molecular weight is 477 g/mol. The molecule has 1 amide bonds. The van der Waals surface area contributed by atoms with Crippen molar-refractivity contribution in [2.45, 2.75) is 55.8 Å². The summed E-state index contributed by atoms with van der Waals surface area (Å²) < 4.78 is 5.29. The van der Waals surface area contributed by atoms with E-state index in [1.165, 1.54) is 23.8 Å². The monoisotopic (exact) mass is 476 g/mol. The number of pyridine rings is 1. The van der Waals surface area contributed by atoms with Gasteiger partial charge < -0.3 is 10.1 Å². The summed E-state index contributed by atoms with van der Waals surface area (Å²) in [5.41, 5.74) is 3.15. The van der Waals surface area contributed by atoms with Gasteiger partial charge >= 0.3 is 0 Å². The number of carbonyl (C=O) groups is 1. The molecule has 3 aromatic carbocycles. The lowest BCUT2D eigenvalue weighted by atomic mass is 9.77. The lowest BCUT2D eigenvalue weighted by Crippen LogP contribution is -2.28. The molecule has 0 saturated heterocycles. The predicted molar refractivity (Wildman–Crippen MR) is 145 cm³/mol. The first kappa shape index (κ1) is 22.8. The van der Waals surface area contributed by atoms with Gasteiger partial charge in [-0.2, -0.15) is 0 Å². The molecule has 1 heterocycles. The number of ether oxygens (including phenoxy) is 1. The maximum absolute atomic E-state index is 13.5. The molecule has 4 aromatic rings. The number of fused-ring (bicyclic) bond motifs is 1. The Balaban J connectivity index is 1.25. The average Bonchev–Trinajstić information content (AvgIpc) is 3.76. The Morgan fingerprint density at radius 2 is 1.53 bits per heavy atom. The van der Waals surface area contributed by atoms with Gasteiger partial charge in [-0.1, -0.05) is 66.7 Å². The van der Waals surface area contributed by atoms with E-state index in [1.807, 2.05) is 30.3 Å². The Morgan fingerprint density at radius 1 is 0.861 bits per heavy atom. The third kappa shape index (κ3) is 4.26. The van der Waals surface area contributed by atoms with Gasteiger partial charge in [-0.15, -0.1) is 0 Å². The van der Waals surface area contributed by atoms with Crippen molar-refractivity contribution in [3.05, 3.63) is 102 Å². The SMILES string of the molecule is COc1ccc(C2(C(=O)Nc3cc4ccccc4c(C4CCC(c5ccccc5)CC4)n3)CC2)cc1. The molecule has 182 valence electrons. The summed E-state index contributed by atoms with van der Waals surface area (Å²) >= 11 is 0. The Morgan fingerprint density at radius 3 is 2.22 bits per heavy atom. The smallest absolute Gasteiger partial charge is 0.236 e. The molecule has 0 unspecified atom stereocenters. The van der Waals surface area contributed by atoms with E-state index in [2.05, 4.69) is 59.9 Å². The highest BCUT2D eigenvalue weighted by atomic mass is 16.5. The fourth-order valence-corrected chi connectivity index (χ4v) is 5.94. The van der Waals surface area contributed by atoms with E-state index < -0.39 is 5.41 Å². The molecule has 2 fully saturated rings. The maximum Gasteiger partial charge on any atom is 0.236 e. The van der Waals surface area contributed by atoms with Crippen LogP contribution >= 0.6 is 0 Å². The van der Waals surface area contributed by atoms with Gasteiger partial charge in [0, 0.05) is 11.3 Å². The molecule has 36 heavy (non-hydrogen) atoms. The van der Waals surface area contributed by atoms with Crippen molar-refractivity contribution in [1.82, 2.24) is 4.98 Å². The molecule has 0 radical (unpaired) electrons. The topological polar surface area (TPSA) is 51.2 Å². The molecule has 2 saturated carbocycles. The summed E-state index contributed by atoms with van der Waals surface area (Å²) in [5.74, 6) is 2.53. The fraction of sp³-hybridized carbons (Fsp3) is 0.312. The number of nitrogens with one attached hydrogen (secondary N) is 1. The zero-order valence-electron chi connectivity index (χ0n) is 20.7. The Labute approximate surface area is 212 Å². The first-order valence-corrected chi connectivity index (χ1v) is 13.1. The largest absolute Gasteiger partial charge is 0.497 e. The quantitative estimate of drug-likeness (QED) is 0.316. The first-order chi connectivity index (χ1) is 17.7. The van der Waals surface area contributed by atoms with Gasteiger partial charge in [0.25, 0.3) is 0 Å². The number of hydrogen-bond donors (Lipinski definition) is 1. The number of nitrogens with zero attached hydrogens (tertiary/aromatic N) is 1. The second-order valence-electron chi connectivity index (χ2n) is 10.3. The van der Waals surface area contributed by atoms with Crippen LogP contribution in [0.25, 0.3) is 10.8 Å². The molecular weight excluding hydrogens is 444 g/mol. The highest BCUT2D eigenvalue weighted by molar-refractivity contribution is 6.02. The van der Waals surface area contributed by atoms with Crippen LogP contribution < -0.4 is 10.1 Å². The van der Waals surface area contributed by atoms with Crippen molar-refractivity contribution in [3.8, 4) is 5.75 Å². The highest BCUT2D eigenvalue weighted by Gasteiger charge is 2.51. The number of amides is 1. The van der Waals surface area contributed by atoms with Gasteiger partial charge in [0.05, 0.1) is 18.2 Å². The van der Waals surface area contributed by atoms with Crippen LogP contribution in [0.2, 0.25) is 0 Å². The lowest BCUT2D eigenvalue weighted by Gasteiger charge is -2.29. The van der Waals surface area contributed by atoms with Gasteiger partial charge in [-0.3, -0.25) is 4.79 Å². The van der Waals surface area contributed by atoms with E-state index >= 15 is 0 Å². The maximum atomic E-state index is 13.5. The Hall–Kier alpha value is -3.66. The molecule has 2 aliphatic carbocycles. The standard InChI is InChI=1S/C32H32N2O2/c1-36-27-17-15-26(16-18-27)32(19-20-32)31(35)34-29-21-25-9-5-6-10-28(25)30(33-29)24-13-11-23(12-14-24)22-7-3-2-4-8-22/h2-10,15-18,21,23-24H,11-14,19-20H2,1H3,(H,33,34,35). The number of benzene rings is 3. The minimum Gasteiger partial charge on any atom is -0.497 e. The first-order valence-electron chi connectivity index (χ1n) is 13.1. The van der Waals surface area contributed by atoms with Crippen LogP contribution in [0.15, 0.2) is 84.9 Å². The van der Waals surface area contributed by atoms with Gasteiger partial charge in [0.15, 0.2) is 0 Å². The highest BCUT2D eigenvalue weighted by Crippen LogP contribution is 2.49. The lowest BCUT2D eigenvalue weighted by molar-refractivity contribution is -0.118. The van der Waals surface area contributed by atoms with E-state index in [0.29, 0.717) is 17.7 Å². The molecule has 0 atom stereocenters. The Kier molecular flexibility index (Phi) is 5.96. The van der Waals surface area contributed by atoms with Crippen molar-refractivity contribution >= 4 is 22.5 Å².